The van der Waals surface area contributed by atoms with Gasteiger partial charge in [0.1, 0.15) is 0 Å². The molecule has 1 aromatic heterocycles. The SMILES string of the molecule is CN=C(NCCc1nc(C)c(C)s1)NCc1ccc(Br)cc1C. The van der Waals surface area contributed by atoms with E-state index in [2.05, 4.69) is 75.5 Å². The Balaban J connectivity index is 1.81. The fraction of sp³-hybridized carbons (Fsp3) is 0.412. The molecule has 2 aromatic rings. The van der Waals surface area contributed by atoms with Crippen LogP contribution in [0.15, 0.2) is 27.7 Å². The van der Waals surface area contributed by atoms with E-state index in [9.17, 15) is 0 Å². The molecule has 0 saturated carbocycles. The Labute approximate surface area is 150 Å². The fourth-order valence-corrected chi connectivity index (χ4v) is 3.60. The highest BCUT2D eigenvalue weighted by Crippen LogP contribution is 2.17. The number of thiazole rings is 1. The van der Waals surface area contributed by atoms with Crippen molar-refractivity contribution in [3.8, 4) is 0 Å². The Morgan fingerprint density at radius 3 is 2.65 bits per heavy atom. The number of aromatic nitrogens is 1. The van der Waals surface area contributed by atoms with Crippen LogP contribution in [0.5, 0.6) is 0 Å². The molecule has 0 aliphatic heterocycles. The van der Waals surface area contributed by atoms with Gasteiger partial charge in [-0.3, -0.25) is 4.99 Å². The topological polar surface area (TPSA) is 49.3 Å². The normalized spacial score (nSPS) is 11.6. The zero-order chi connectivity index (χ0) is 16.8. The van der Waals surface area contributed by atoms with Gasteiger partial charge in [0.05, 0.1) is 10.7 Å². The first-order chi connectivity index (χ1) is 11.0. The molecular formula is C17H23BrN4S. The van der Waals surface area contributed by atoms with Crippen LogP contribution in [0, 0.1) is 20.8 Å². The lowest BCUT2D eigenvalue weighted by Crippen LogP contribution is -2.38. The summed E-state index contributed by atoms with van der Waals surface area (Å²) in [5.74, 6) is 0.817. The molecule has 0 unspecified atom stereocenters. The monoisotopic (exact) mass is 394 g/mol. The standard InChI is InChI=1S/C17H23BrN4S/c1-11-9-15(18)6-5-14(11)10-21-17(19-4)20-8-7-16-22-12(2)13(3)23-16/h5-6,9H,7-8,10H2,1-4H3,(H2,19,20,21). The van der Waals surface area contributed by atoms with Gasteiger partial charge in [0.25, 0.3) is 0 Å². The summed E-state index contributed by atoms with van der Waals surface area (Å²) in [6.45, 7) is 7.87. The molecule has 0 spiro atoms. The number of aliphatic imine (C=N–C) groups is 1. The first-order valence-electron chi connectivity index (χ1n) is 7.62. The summed E-state index contributed by atoms with van der Waals surface area (Å²) in [7, 11) is 1.79. The Morgan fingerprint density at radius 2 is 2.04 bits per heavy atom. The average Bonchev–Trinajstić information content (AvgIpc) is 2.82. The number of benzene rings is 1. The van der Waals surface area contributed by atoms with Gasteiger partial charge in [-0.15, -0.1) is 11.3 Å². The van der Waals surface area contributed by atoms with Gasteiger partial charge in [0.15, 0.2) is 5.96 Å². The average molecular weight is 395 g/mol. The molecule has 1 aromatic carbocycles. The maximum Gasteiger partial charge on any atom is 0.191 e. The minimum atomic E-state index is 0.758. The van der Waals surface area contributed by atoms with E-state index >= 15 is 0 Å². The van der Waals surface area contributed by atoms with Crippen LogP contribution < -0.4 is 10.6 Å². The van der Waals surface area contributed by atoms with Crippen molar-refractivity contribution >= 4 is 33.2 Å². The Bertz CT molecular complexity index is 674. The molecular weight excluding hydrogens is 372 g/mol. The molecule has 0 amide bonds. The van der Waals surface area contributed by atoms with E-state index in [1.54, 1.807) is 18.4 Å². The molecule has 0 atom stereocenters. The third kappa shape index (κ3) is 5.32. The van der Waals surface area contributed by atoms with Gasteiger partial charge in [0.2, 0.25) is 0 Å². The van der Waals surface area contributed by atoms with E-state index in [4.69, 9.17) is 0 Å². The maximum atomic E-state index is 4.56. The third-order valence-electron chi connectivity index (χ3n) is 3.68. The summed E-state index contributed by atoms with van der Waals surface area (Å²) < 4.78 is 1.11. The zero-order valence-electron chi connectivity index (χ0n) is 14.0. The molecule has 6 heteroatoms. The van der Waals surface area contributed by atoms with E-state index < -0.39 is 0 Å². The van der Waals surface area contributed by atoms with Crippen LogP contribution in [0.4, 0.5) is 0 Å². The first-order valence-corrected chi connectivity index (χ1v) is 9.23. The van der Waals surface area contributed by atoms with E-state index in [1.807, 2.05) is 0 Å². The number of hydrogen-bond donors (Lipinski definition) is 2. The number of halogens is 1. The lowest BCUT2D eigenvalue weighted by molar-refractivity contribution is 0.789. The van der Waals surface area contributed by atoms with E-state index in [0.29, 0.717) is 0 Å². The number of hydrogen-bond acceptors (Lipinski definition) is 3. The Morgan fingerprint density at radius 1 is 1.26 bits per heavy atom. The van der Waals surface area contributed by atoms with Gasteiger partial charge >= 0.3 is 0 Å². The van der Waals surface area contributed by atoms with Crippen LogP contribution in [0.25, 0.3) is 0 Å². The molecule has 124 valence electrons. The second-order valence-electron chi connectivity index (χ2n) is 5.42. The van der Waals surface area contributed by atoms with E-state index in [1.165, 1.54) is 21.0 Å². The van der Waals surface area contributed by atoms with Gasteiger partial charge in [-0.1, -0.05) is 22.0 Å². The highest BCUT2D eigenvalue weighted by atomic mass is 79.9. The summed E-state index contributed by atoms with van der Waals surface area (Å²) in [5.41, 5.74) is 3.66. The van der Waals surface area contributed by atoms with Gasteiger partial charge < -0.3 is 10.6 Å². The molecule has 23 heavy (non-hydrogen) atoms. The third-order valence-corrected chi connectivity index (χ3v) is 5.30. The van der Waals surface area contributed by atoms with Crippen LogP contribution in [-0.4, -0.2) is 24.5 Å². The number of nitrogens with one attached hydrogen (secondary N) is 2. The van der Waals surface area contributed by atoms with Crippen molar-refractivity contribution in [2.75, 3.05) is 13.6 Å². The van der Waals surface area contributed by atoms with Crippen LogP contribution in [0.3, 0.4) is 0 Å². The molecule has 0 aliphatic rings. The number of rotatable bonds is 5. The summed E-state index contributed by atoms with van der Waals surface area (Å²) in [6, 6.07) is 6.31. The lowest BCUT2D eigenvalue weighted by atomic mass is 10.1. The van der Waals surface area contributed by atoms with Crippen LogP contribution in [0.2, 0.25) is 0 Å². The van der Waals surface area contributed by atoms with Crippen molar-refractivity contribution in [2.24, 2.45) is 4.99 Å². The second kappa shape index (κ2) is 8.45. The summed E-state index contributed by atoms with van der Waals surface area (Å²) in [4.78, 5) is 10.1. The molecule has 1 heterocycles. The van der Waals surface area contributed by atoms with Gasteiger partial charge in [-0.25, -0.2) is 4.98 Å². The summed E-state index contributed by atoms with van der Waals surface area (Å²) in [6.07, 6.45) is 0.914. The van der Waals surface area contributed by atoms with Crippen molar-refractivity contribution in [3.05, 3.63) is 49.4 Å². The molecule has 0 saturated heterocycles. The van der Waals surface area contributed by atoms with E-state index in [0.717, 1.165) is 35.6 Å². The van der Waals surface area contributed by atoms with Crippen LogP contribution in [0.1, 0.15) is 26.7 Å². The maximum absolute atomic E-state index is 4.56. The van der Waals surface area contributed by atoms with Crippen molar-refractivity contribution < 1.29 is 0 Å². The van der Waals surface area contributed by atoms with E-state index in [-0.39, 0.29) is 0 Å². The smallest absolute Gasteiger partial charge is 0.191 e. The molecule has 2 N–H and O–H groups in total. The zero-order valence-corrected chi connectivity index (χ0v) is 16.4. The summed E-state index contributed by atoms with van der Waals surface area (Å²) >= 11 is 5.26. The van der Waals surface area contributed by atoms with Crippen LogP contribution in [-0.2, 0) is 13.0 Å². The molecule has 0 bridgehead atoms. The Hall–Kier alpha value is -1.40. The van der Waals surface area contributed by atoms with Gasteiger partial charge in [0, 0.05) is 35.9 Å². The predicted molar refractivity (Wildman–Crippen MR) is 102 cm³/mol. The lowest BCUT2D eigenvalue weighted by Gasteiger charge is -2.13. The molecule has 0 fully saturated rings. The fourth-order valence-electron chi connectivity index (χ4n) is 2.19. The van der Waals surface area contributed by atoms with Gasteiger partial charge in [-0.05, 0) is 44.0 Å². The van der Waals surface area contributed by atoms with Crippen molar-refractivity contribution in [3.63, 3.8) is 0 Å². The molecule has 0 radical (unpaired) electrons. The summed E-state index contributed by atoms with van der Waals surface area (Å²) in [5, 5.41) is 7.87. The molecule has 2 rings (SSSR count). The van der Waals surface area contributed by atoms with Gasteiger partial charge in [-0.2, -0.15) is 0 Å². The minimum absolute atomic E-state index is 0.758. The quantitative estimate of drug-likeness (QED) is 0.599. The highest BCUT2D eigenvalue weighted by Gasteiger charge is 2.05. The number of nitrogens with zero attached hydrogens (tertiary/aromatic N) is 2. The Kier molecular flexibility index (Phi) is 6.59. The van der Waals surface area contributed by atoms with Crippen molar-refractivity contribution in [2.45, 2.75) is 33.7 Å². The largest absolute Gasteiger partial charge is 0.356 e. The highest BCUT2D eigenvalue weighted by molar-refractivity contribution is 9.10. The molecule has 0 aliphatic carbocycles. The number of guanidine groups is 1. The predicted octanol–water partition coefficient (Wildman–Crippen LogP) is 3.74. The van der Waals surface area contributed by atoms with Crippen molar-refractivity contribution in [1.29, 1.82) is 0 Å². The van der Waals surface area contributed by atoms with Crippen molar-refractivity contribution in [1.82, 2.24) is 15.6 Å². The minimum Gasteiger partial charge on any atom is -0.356 e. The molecule has 4 nitrogen and oxygen atoms in total. The second-order valence-corrected chi connectivity index (χ2v) is 7.63. The van der Waals surface area contributed by atoms with Crippen LogP contribution >= 0.6 is 27.3 Å². The first kappa shape index (κ1) is 17.9. The number of aryl methyl sites for hydroxylation is 3.